The van der Waals surface area contributed by atoms with Gasteiger partial charge in [0.15, 0.2) is 0 Å². The Bertz CT molecular complexity index is 629. The van der Waals surface area contributed by atoms with Gasteiger partial charge in [0.1, 0.15) is 11.2 Å². The molecule has 1 saturated carbocycles. The number of rotatable bonds is 20. The van der Waals surface area contributed by atoms with Crippen LogP contribution in [0.3, 0.4) is 0 Å². The molecule has 0 N–H and O–H groups in total. The molecule has 0 aromatic rings. The minimum Gasteiger partial charge on any atom is -0.298 e. The lowest BCUT2D eigenvalue weighted by atomic mass is 9.71. The second-order valence-corrected chi connectivity index (χ2v) is 12.5. The summed E-state index contributed by atoms with van der Waals surface area (Å²) in [6.07, 6.45) is 17.8. The summed E-state index contributed by atoms with van der Waals surface area (Å²) in [6, 6.07) is 0. The van der Waals surface area contributed by atoms with Crippen molar-refractivity contribution in [3.63, 3.8) is 0 Å². The average molecular weight is 527 g/mol. The van der Waals surface area contributed by atoms with E-state index >= 15 is 0 Å². The van der Waals surface area contributed by atoms with Crippen LogP contribution in [-0.2, 0) is 29.1 Å². The van der Waals surface area contributed by atoms with Crippen molar-refractivity contribution in [3.8, 4) is 0 Å². The summed E-state index contributed by atoms with van der Waals surface area (Å²) < 4.78 is 0. The van der Waals surface area contributed by atoms with Crippen LogP contribution in [0, 0.1) is 17.8 Å². The first-order chi connectivity index (χ1) is 17.5. The maximum Gasteiger partial charge on any atom is 0.345 e. The summed E-state index contributed by atoms with van der Waals surface area (Å²) in [5, 5.41) is 0. The number of hydrogen-bond donors (Lipinski definition) is 0. The molecule has 1 aliphatic carbocycles. The molecule has 0 aromatic heterocycles. The topological polar surface area (TPSA) is 71.1 Å². The maximum atomic E-state index is 13.0. The molecule has 0 radical (unpaired) electrons. The Morgan fingerprint density at radius 1 is 0.703 bits per heavy atom. The predicted octanol–water partition coefficient (Wildman–Crippen LogP) is 9.05. The lowest BCUT2D eigenvalue weighted by Gasteiger charge is -2.35. The third-order valence-corrected chi connectivity index (χ3v) is 8.24. The van der Waals surface area contributed by atoms with Gasteiger partial charge in [0.2, 0.25) is 0 Å². The van der Waals surface area contributed by atoms with Gasteiger partial charge in [-0.2, -0.15) is 9.78 Å². The van der Waals surface area contributed by atoms with Gasteiger partial charge in [0.25, 0.3) is 0 Å². The molecular formula is C31H58O6. The minimum absolute atomic E-state index is 0.0426. The van der Waals surface area contributed by atoms with E-state index in [1.165, 1.54) is 38.5 Å². The SMILES string of the molecule is CCCCCCC1CCC(CCCCCCCC(=O)OOC(C)(C)CC)CC1C(=O)OOC(C)(C)CC. The summed E-state index contributed by atoms with van der Waals surface area (Å²) in [5.41, 5.74) is -0.880. The Labute approximate surface area is 227 Å². The molecule has 218 valence electrons. The molecule has 1 rings (SSSR count). The predicted molar refractivity (Wildman–Crippen MR) is 148 cm³/mol. The van der Waals surface area contributed by atoms with Crippen molar-refractivity contribution in [2.75, 3.05) is 0 Å². The fourth-order valence-corrected chi connectivity index (χ4v) is 4.82. The molecular weight excluding hydrogens is 468 g/mol. The number of carbonyl (C=O) groups is 2. The molecule has 6 nitrogen and oxygen atoms in total. The van der Waals surface area contributed by atoms with E-state index in [4.69, 9.17) is 19.6 Å². The molecule has 1 aliphatic rings. The summed E-state index contributed by atoms with van der Waals surface area (Å²) in [5.74, 6) is 0.513. The van der Waals surface area contributed by atoms with Crippen LogP contribution in [0.15, 0.2) is 0 Å². The third-order valence-electron chi connectivity index (χ3n) is 8.24. The van der Waals surface area contributed by atoms with Gasteiger partial charge in [0, 0.05) is 6.42 Å². The van der Waals surface area contributed by atoms with E-state index in [2.05, 4.69) is 6.92 Å². The molecule has 1 fully saturated rings. The van der Waals surface area contributed by atoms with Crippen molar-refractivity contribution in [1.29, 1.82) is 0 Å². The molecule has 6 heteroatoms. The summed E-state index contributed by atoms with van der Waals surface area (Å²) in [4.78, 5) is 45.9. The van der Waals surface area contributed by atoms with Crippen LogP contribution >= 0.6 is 0 Å². The molecule has 3 unspecified atom stereocenters. The summed E-state index contributed by atoms with van der Waals surface area (Å²) in [6.45, 7) is 14.0. The fraction of sp³-hybridized carbons (Fsp3) is 0.935. The Hall–Kier alpha value is -1.14. The van der Waals surface area contributed by atoms with Gasteiger partial charge in [-0.3, -0.25) is 9.78 Å². The van der Waals surface area contributed by atoms with Crippen LogP contribution in [0.5, 0.6) is 0 Å². The zero-order valence-electron chi connectivity index (χ0n) is 25.2. The number of carbonyl (C=O) groups excluding carboxylic acids is 2. The largest absolute Gasteiger partial charge is 0.345 e. The molecule has 0 spiro atoms. The smallest absolute Gasteiger partial charge is 0.298 e. The summed E-state index contributed by atoms with van der Waals surface area (Å²) in [7, 11) is 0. The maximum absolute atomic E-state index is 13.0. The van der Waals surface area contributed by atoms with Crippen molar-refractivity contribution in [2.45, 2.75) is 169 Å². The first-order valence-corrected chi connectivity index (χ1v) is 15.3. The zero-order chi connectivity index (χ0) is 27.7. The van der Waals surface area contributed by atoms with Gasteiger partial charge >= 0.3 is 11.9 Å². The second kappa shape index (κ2) is 18.2. The van der Waals surface area contributed by atoms with E-state index in [1.807, 2.05) is 41.5 Å². The highest BCUT2D eigenvalue weighted by Crippen LogP contribution is 2.40. The quantitative estimate of drug-likeness (QED) is 0.0895. The molecule has 3 atom stereocenters. The van der Waals surface area contributed by atoms with Crippen LogP contribution < -0.4 is 0 Å². The molecule has 37 heavy (non-hydrogen) atoms. The van der Waals surface area contributed by atoms with Crippen LogP contribution in [-0.4, -0.2) is 23.1 Å². The van der Waals surface area contributed by atoms with Crippen molar-refractivity contribution >= 4 is 11.9 Å². The van der Waals surface area contributed by atoms with Crippen LogP contribution in [0.4, 0.5) is 0 Å². The molecule has 0 aromatic carbocycles. The van der Waals surface area contributed by atoms with E-state index in [9.17, 15) is 9.59 Å². The molecule has 0 aliphatic heterocycles. The number of unbranched alkanes of at least 4 members (excludes halogenated alkanes) is 7. The summed E-state index contributed by atoms with van der Waals surface area (Å²) >= 11 is 0. The van der Waals surface area contributed by atoms with Crippen molar-refractivity contribution < 1.29 is 29.1 Å². The molecule has 0 bridgehead atoms. The number of hydrogen-bond acceptors (Lipinski definition) is 6. The van der Waals surface area contributed by atoms with E-state index in [0.717, 1.165) is 64.2 Å². The van der Waals surface area contributed by atoms with E-state index < -0.39 is 11.2 Å². The van der Waals surface area contributed by atoms with Gasteiger partial charge in [-0.25, -0.2) is 9.59 Å². The normalized spacial score (nSPS) is 20.6. The van der Waals surface area contributed by atoms with E-state index in [0.29, 0.717) is 18.3 Å². The first kappa shape index (κ1) is 33.9. The van der Waals surface area contributed by atoms with Crippen LogP contribution in [0.2, 0.25) is 0 Å². The van der Waals surface area contributed by atoms with Gasteiger partial charge in [0.05, 0.1) is 5.92 Å². The Morgan fingerprint density at radius 2 is 1.27 bits per heavy atom. The van der Waals surface area contributed by atoms with Crippen LogP contribution in [0.1, 0.15) is 158 Å². The zero-order valence-corrected chi connectivity index (χ0v) is 25.2. The molecule has 0 saturated heterocycles. The Morgan fingerprint density at radius 3 is 1.92 bits per heavy atom. The molecule has 0 heterocycles. The van der Waals surface area contributed by atoms with Crippen molar-refractivity contribution in [2.24, 2.45) is 17.8 Å². The highest BCUT2D eigenvalue weighted by Gasteiger charge is 2.37. The monoisotopic (exact) mass is 526 g/mol. The fourth-order valence-electron chi connectivity index (χ4n) is 4.82. The average Bonchev–Trinajstić information content (AvgIpc) is 2.88. The second-order valence-electron chi connectivity index (χ2n) is 12.5. The Kier molecular flexibility index (Phi) is 16.7. The van der Waals surface area contributed by atoms with Gasteiger partial charge in [-0.1, -0.05) is 85.0 Å². The highest BCUT2D eigenvalue weighted by molar-refractivity contribution is 5.72. The van der Waals surface area contributed by atoms with Crippen molar-refractivity contribution in [3.05, 3.63) is 0 Å². The third kappa shape index (κ3) is 15.1. The minimum atomic E-state index is -0.448. The lowest BCUT2D eigenvalue weighted by Crippen LogP contribution is -2.34. The van der Waals surface area contributed by atoms with Crippen molar-refractivity contribution in [1.82, 2.24) is 0 Å². The Balaban J connectivity index is 2.36. The molecule has 0 amide bonds. The van der Waals surface area contributed by atoms with E-state index in [-0.39, 0.29) is 17.9 Å². The van der Waals surface area contributed by atoms with Gasteiger partial charge < -0.3 is 0 Å². The first-order valence-electron chi connectivity index (χ1n) is 15.3. The van der Waals surface area contributed by atoms with E-state index in [1.54, 1.807) is 0 Å². The van der Waals surface area contributed by atoms with Gasteiger partial charge in [-0.15, -0.1) is 0 Å². The highest BCUT2D eigenvalue weighted by atomic mass is 17.2. The van der Waals surface area contributed by atoms with Gasteiger partial charge in [-0.05, 0) is 78.1 Å². The lowest BCUT2D eigenvalue weighted by molar-refractivity contribution is -0.329. The van der Waals surface area contributed by atoms with Crippen LogP contribution in [0.25, 0.3) is 0 Å². The standard InChI is InChI=1S/C31H58O6/c1-8-11-12-17-20-26-23-22-25(24-27(26)29(33)35-37-31(6,7)10-3)19-16-14-13-15-18-21-28(32)34-36-30(4,5)9-2/h25-27H,8-24H2,1-7H3.